The summed E-state index contributed by atoms with van der Waals surface area (Å²) in [6.07, 6.45) is 0. The molecule has 0 aliphatic heterocycles. The maximum atomic E-state index is 13.1. The number of halogens is 1. The number of aromatic carboxylic acids is 1. The van der Waals surface area contributed by atoms with E-state index < -0.39 is 34.4 Å². The number of aromatic nitrogens is 2. The molecule has 0 saturated heterocycles. The fraction of sp³-hybridized carbons (Fsp3) is 0. The van der Waals surface area contributed by atoms with Gasteiger partial charge in [0.2, 0.25) is 11.1 Å². The largest absolute Gasteiger partial charge is 0.508 e. The van der Waals surface area contributed by atoms with Crippen molar-refractivity contribution in [3.8, 4) is 17.2 Å². The Bertz CT molecular complexity index is 995. The highest BCUT2D eigenvalue weighted by Crippen LogP contribution is 2.29. The van der Waals surface area contributed by atoms with Gasteiger partial charge in [0, 0.05) is 6.07 Å². The summed E-state index contributed by atoms with van der Waals surface area (Å²) >= 11 is 0. The van der Waals surface area contributed by atoms with Gasteiger partial charge in [-0.3, -0.25) is 4.79 Å². The summed E-state index contributed by atoms with van der Waals surface area (Å²) < 4.78 is 14.1. The molecule has 1 aromatic heterocycles. The fourth-order valence-electron chi connectivity index (χ4n) is 2.23. The minimum atomic E-state index is -1.56. The van der Waals surface area contributed by atoms with Gasteiger partial charge in [-0.05, 0) is 30.3 Å². The standard InChI is InChI=1S/C15H9FN2O5/c16-7-1-3-8(4-2-7)18-13-10(5-9(19)6-11(13)20)14(21)12(17-18)15(22)23/h1-6,19-20H,(H,22,23). The molecule has 0 fully saturated rings. The molecule has 23 heavy (non-hydrogen) atoms. The number of carboxylic acid groups (broad SMARTS) is 1. The van der Waals surface area contributed by atoms with Gasteiger partial charge in [-0.15, -0.1) is 0 Å². The monoisotopic (exact) mass is 316 g/mol. The van der Waals surface area contributed by atoms with E-state index in [0.717, 1.165) is 28.9 Å². The van der Waals surface area contributed by atoms with E-state index >= 15 is 0 Å². The Hall–Kier alpha value is -3.42. The molecule has 7 nitrogen and oxygen atoms in total. The summed E-state index contributed by atoms with van der Waals surface area (Å²) in [6.45, 7) is 0. The maximum absolute atomic E-state index is 13.1. The zero-order valence-electron chi connectivity index (χ0n) is 11.4. The number of carboxylic acids is 1. The Labute approximate surface area is 127 Å². The van der Waals surface area contributed by atoms with E-state index in [9.17, 15) is 24.2 Å². The third kappa shape index (κ3) is 2.35. The Morgan fingerprint density at radius 1 is 1.13 bits per heavy atom. The molecule has 8 heteroatoms. The highest BCUT2D eigenvalue weighted by molar-refractivity contribution is 5.93. The van der Waals surface area contributed by atoms with Crippen LogP contribution in [-0.2, 0) is 0 Å². The van der Waals surface area contributed by atoms with E-state index in [0.29, 0.717) is 0 Å². The first-order valence-corrected chi connectivity index (χ1v) is 6.36. The van der Waals surface area contributed by atoms with Gasteiger partial charge in [-0.2, -0.15) is 5.10 Å². The number of hydrogen-bond acceptors (Lipinski definition) is 5. The summed E-state index contributed by atoms with van der Waals surface area (Å²) in [5, 5.41) is 32.2. The van der Waals surface area contributed by atoms with Gasteiger partial charge in [0.1, 0.15) is 22.8 Å². The topological polar surface area (TPSA) is 113 Å². The van der Waals surface area contributed by atoms with Gasteiger partial charge in [-0.1, -0.05) is 0 Å². The second kappa shape index (κ2) is 5.09. The quantitative estimate of drug-likeness (QED) is 0.662. The van der Waals surface area contributed by atoms with Crippen LogP contribution < -0.4 is 5.43 Å². The molecule has 0 aliphatic rings. The number of nitrogens with zero attached hydrogens (tertiary/aromatic N) is 2. The molecule has 0 unspecified atom stereocenters. The first-order chi connectivity index (χ1) is 10.9. The normalized spacial score (nSPS) is 10.8. The Morgan fingerprint density at radius 2 is 1.78 bits per heavy atom. The van der Waals surface area contributed by atoms with Crippen molar-refractivity contribution in [2.24, 2.45) is 0 Å². The molecule has 0 saturated carbocycles. The molecular weight excluding hydrogens is 307 g/mol. The number of aromatic hydroxyl groups is 2. The average Bonchev–Trinajstić information content (AvgIpc) is 2.48. The van der Waals surface area contributed by atoms with E-state index in [2.05, 4.69) is 5.10 Å². The van der Waals surface area contributed by atoms with Gasteiger partial charge in [0.15, 0.2) is 0 Å². The molecule has 0 atom stereocenters. The maximum Gasteiger partial charge on any atom is 0.360 e. The van der Waals surface area contributed by atoms with Crippen LogP contribution in [0.3, 0.4) is 0 Å². The van der Waals surface area contributed by atoms with E-state index in [1.54, 1.807) is 0 Å². The molecule has 1 heterocycles. The zero-order valence-corrected chi connectivity index (χ0v) is 11.4. The van der Waals surface area contributed by atoms with Gasteiger partial charge >= 0.3 is 5.97 Å². The van der Waals surface area contributed by atoms with Crippen molar-refractivity contribution in [1.82, 2.24) is 9.78 Å². The van der Waals surface area contributed by atoms with Crippen molar-refractivity contribution < 1.29 is 24.5 Å². The van der Waals surface area contributed by atoms with E-state index in [1.165, 1.54) is 12.1 Å². The summed E-state index contributed by atoms with van der Waals surface area (Å²) in [7, 11) is 0. The number of hydrogen-bond donors (Lipinski definition) is 3. The minimum Gasteiger partial charge on any atom is -0.508 e. The number of phenols is 2. The molecule has 0 aliphatic carbocycles. The number of rotatable bonds is 2. The zero-order chi connectivity index (χ0) is 16.7. The lowest BCUT2D eigenvalue weighted by atomic mass is 10.1. The average molecular weight is 316 g/mol. The first-order valence-electron chi connectivity index (χ1n) is 6.36. The van der Waals surface area contributed by atoms with Crippen LogP contribution in [0.2, 0.25) is 0 Å². The molecule has 0 bridgehead atoms. The van der Waals surface area contributed by atoms with Crippen LogP contribution in [0.1, 0.15) is 10.5 Å². The third-order valence-electron chi connectivity index (χ3n) is 3.22. The van der Waals surface area contributed by atoms with Crippen LogP contribution in [0.15, 0.2) is 41.2 Å². The van der Waals surface area contributed by atoms with Crippen molar-refractivity contribution in [2.45, 2.75) is 0 Å². The second-order valence-electron chi connectivity index (χ2n) is 4.73. The second-order valence-corrected chi connectivity index (χ2v) is 4.73. The Morgan fingerprint density at radius 3 is 2.39 bits per heavy atom. The molecule has 3 N–H and O–H groups in total. The summed E-state index contributed by atoms with van der Waals surface area (Å²) in [5.74, 6) is -2.94. The molecule has 3 rings (SSSR count). The first kappa shape index (κ1) is 14.5. The van der Waals surface area contributed by atoms with Gasteiger partial charge in [0.25, 0.3) is 0 Å². The van der Waals surface area contributed by atoms with Crippen molar-refractivity contribution in [3.63, 3.8) is 0 Å². The van der Waals surface area contributed by atoms with Crippen LogP contribution in [0.5, 0.6) is 11.5 Å². The highest BCUT2D eigenvalue weighted by atomic mass is 19.1. The van der Waals surface area contributed by atoms with E-state index in [-0.39, 0.29) is 16.6 Å². The van der Waals surface area contributed by atoms with Crippen LogP contribution >= 0.6 is 0 Å². The molecule has 0 amide bonds. The van der Waals surface area contributed by atoms with Crippen LogP contribution in [0.25, 0.3) is 16.6 Å². The Kier molecular flexibility index (Phi) is 3.21. The van der Waals surface area contributed by atoms with Crippen molar-refractivity contribution in [2.75, 3.05) is 0 Å². The lowest BCUT2D eigenvalue weighted by molar-refractivity contribution is 0.0687. The van der Waals surface area contributed by atoms with Crippen molar-refractivity contribution >= 4 is 16.9 Å². The molecule has 116 valence electrons. The van der Waals surface area contributed by atoms with Crippen LogP contribution in [0.4, 0.5) is 4.39 Å². The summed E-state index contributed by atoms with van der Waals surface area (Å²) in [4.78, 5) is 23.4. The van der Waals surface area contributed by atoms with Gasteiger partial charge in [0.05, 0.1) is 11.1 Å². The number of phenolic OH excluding ortho intramolecular Hbond substituents is 2. The number of benzene rings is 2. The predicted molar refractivity (Wildman–Crippen MR) is 77.6 cm³/mol. The summed E-state index contributed by atoms with van der Waals surface area (Å²) in [6, 6.07) is 6.89. The molecule has 0 spiro atoms. The van der Waals surface area contributed by atoms with Crippen LogP contribution in [0, 0.1) is 5.82 Å². The lowest BCUT2D eigenvalue weighted by Gasteiger charge is -2.12. The molecular formula is C15H9FN2O5. The number of fused-ring (bicyclic) bond motifs is 1. The fourth-order valence-corrected chi connectivity index (χ4v) is 2.23. The third-order valence-corrected chi connectivity index (χ3v) is 3.22. The molecule has 0 radical (unpaired) electrons. The minimum absolute atomic E-state index is 0.0931. The van der Waals surface area contributed by atoms with Gasteiger partial charge in [-0.25, -0.2) is 13.9 Å². The number of carbonyl (C=O) groups is 1. The Balaban J connectivity index is 2.49. The van der Waals surface area contributed by atoms with E-state index in [1.807, 2.05) is 0 Å². The van der Waals surface area contributed by atoms with Crippen LogP contribution in [-0.4, -0.2) is 31.1 Å². The summed E-state index contributed by atoms with van der Waals surface area (Å²) in [5.41, 5.74) is -1.59. The van der Waals surface area contributed by atoms with Crippen molar-refractivity contribution in [1.29, 1.82) is 0 Å². The highest BCUT2D eigenvalue weighted by Gasteiger charge is 2.20. The molecule has 3 aromatic rings. The molecule has 2 aromatic carbocycles. The predicted octanol–water partition coefficient (Wildman–Crippen LogP) is 1.63. The lowest BCUT2D eigenvalue weighted by Crippen LogP contribution is -2.22. The SMILES string of the molecule is O=C(O)c1nn(-c2ccc(F)cc2)c2c(O)cc(O)cc2c1=O. The smallest absolute Gasteiger partial charge is 0.360 e. The van der Waals surface area contributed by atoms with E-state index in [4.69, 9.17) is 5.11 Å². The van der Waals surface area contributed by atoms with Crippen molar-refractivity contribution in [3.05, 3.63) is 58.1 Å². The van der Waals surface area contributed by atoms with Gasteiger partial charge < -0.3 is 15.3 Å².